The Morgan fingerprint density at radius 1 is 1.26 bits per heavy atom. The van der Waals surface area contributed by atoms with E-state index < -0.39 is 21.8 Å². The number of nitrogens with one attached hydrogen (secondary N) is 2. The van der Waals surface area contributed by atoms with Crippen LogP contribution in [-0.4, -0.2) is 25.7 Å². The number of hydrogen-bond acceptors (Lipinski definition) is 7. The highest BCUT2D eigenvalue weighted by molar-refractivity contribution is 7.89. The van der Waals surface area contributed by atoms with Gasteiger partial charge in [0, 0.05) is 17.7 Å². The van der Waals surface area contributed by atoms with Crippen LogP contribution in [0.2, 0.25) is 0 Å². The number of rotatable bonds is 7. The van der Waals surface area contributed by atoms with Crippen molar-refractivity contribution in [2.45, 2.75) is 43.0 Å². The summed E-state index contributed by atoms with van der Waals surface area (Å²) in [4.78, 5) is 11.5. The monoisotopic (exact) mass is 444 g/mol. The molecule has 0 aliphatic heterocycles. The van der Waals surface area contributed by atoms with Crippen LogP contribution in [0.4, 0.5) is 5.69 Å². The fraction of sp³-hybridized carbons (Fsp3) is 0.333. The van der Waals surface area contributed by atoms with E-state index in [0.717, 1.165) is 24.8 Å². The molecule has 10 heteroatoms. The van der Waals surface area contributed by atoms with Crippen molar-refractivity contribution in [1.29, 1.82) is 0 Å². The Morgan fingerprint density at radius 3 is 2.77 bits per heavy atom. The molecule has 0 amide bonds. The van der Waals surface area contributed by atoms with Gasteiger partial charge < -0.3 is 14.9 Å². The van der Waals surface area contributed by atoms with Gasteiger partial charge in [-0.1, -0.05) is 25.1 Å². The molecule has 1 aromatic heterocycles. The third kappa shape index (κ3) is 4.08. The van der Waals surface area contributed by atoms with Gasteiger partial charge in [-0.05, 0) is 48.1 Å². The normalized spacial score (nSPS) is 15.4. The van der Waals surface area contributed by atoms with Gasteiger partial charge >= 0.3 is 5.76 Å². The van der Waals surface area contributed by atoms with Crippen LogP contribution in [0.3, 0.4) is 0 Å². The number of methoxy groups -OCH3 is 1. The van der Waals surface area contributed by atoms with Crippen molar-refractivity contribution in [1.82, 2.24) is 14.9 Å². The Hall–Kier alpha value is -3.11. The van der Waals surface area contributed by atoms with Crippen molar-refractivity contribution in [3.8, 4) is 5.75 Å². The van der Waals surface area contributed by atoms with Gasteiger partial charge in [0.25, 0.3) is 0 Å². The maximum atomic E-state index is 13.3. The summed E-state index contributed by atoms with van der Waals surface area (Å²) in [6.45, 7) is 1.88. The zero-order valence-corrected chi connectivity index (χ0v) is 18.0. The van der Waals surface area contributed by atoms with Crippen LogP contribution in [0, 0.1) is 0 Å². The lowest BCUT2D eigenvalue weighted by Gasteiger charge is -2.25. The van der Waals surface area contributed by atoms with E-state index in [1.54, 1.807) is 0 Å². The molecule has 1 aliphatic carbocycles. The summed E-state index contributed by atoms with van der Waals surface area (Å²) >= 11 is 0. The zero-order chi connectivity index (χ0) is 22.2. The molecular formula is C21H24N4O5S. The third-order valence-corrected chi connectivity index (χ3v) is 7.13. The highest BCUT2D eigenvalue weighted by Gasteiger charge is 2.34. The number of H-pyrrole nitrogens is 1. The van der Waals surface area contributed by atoms with Crippen molar-refractivity contribution in [2.75, 3.05) is 12.8 Å². The first-order valence-corrected chi connectivity index (χ1v) is 11.4. The summed E-state index contributed by atoms with van der Waals surface area (Å²) in [6, 6.07) is 9.40. The number of hydrogen-bond donors (Lipinski definition) is 3. The Bertz CT molecular complexity index is 1260. The lowest BCUT2D eigenvalue weighted by molar-refractivity contribution is 0.378. The van der Waals surface area contributed by atoms with E-state index in [4.69, 9.17) is 14.9 Å². The SMILES string of the molecule is COc1cc(N)ccc1S(=O)(=O)NC(c1n[nH]c(=O)o1)C(C)c1cccc2c1CCC2. The summed E-state index contributed by atoms with van der Waals surface area (Å²) in [5.41, 5.74) is 9.60. The van der Waals surface area contributed by atoms with Gasteiger partial charge in [0.2, 0.25) is 15.9 Å². The Morgan fingerprint density at radius 2 is 2.06 bits per heavy atom. The number of aryl methyl sites for hydroxylation is 1. The Kier molecular flexibility index (Phi) is 5.59. The summed E-state index contributed by atoms with van der Waals surface area (Å²) in [7, 11) is -2.70. The fourth-order valence-electron chi connectivity index (χ4n) is 4.13. The standard InChI is InChI=1S/C21H24N4O5S/c1-12(15-7-3-5-13-6-4-8-16(13)15)19(20-23-24-21(26)30-20)25-31(27,28)18-10-9-14(22)11-17(18)29-2/h3,5,7,9-12,19,25H,4,6,8,22H2,1-2H3,(H,24,26). The molecule has 164 valence electrons. The van der Waals surface area contributed by atoms with Crippen molar-refractivity contribution in [2.24, 2.45) is 0 Å². The molecule has 2 atom stereocenters. The smallest absolute Gasteiger partial charge is 0.434 e. The minimum Gasteiger partial charge on any atom is -0.495 e. The number of sulfonamides is 1. The van der Waals surface area contributed by atoms with Crippen molar-refractivity contribution in [3.63, 3.8) is 0 Å². The molecule has 0 spiro atoms. The van der Waals surface area contributed by atoms with Gasteiger partial charge in [-0.3, -0.25) is 0 Å². The Balaban J connectivity index is 1.77. The molecule has 0 saturated carbocycles. The van der Waals surface area contributed by atoms with Crippen LogP contribution in [0.1, 0.15) is 47.9 Å². The maximum absolute atomic E-state index is 13.3. The second kappa shape index (κ2) is 8.20. The molecule has 2 unspecified atom stereocenters. The quantitative estimate of drug-likeness (QED) is 0.475. The molecule has 0 fully saturated rings. The molecule has 0 bridgehead atoms. The molecule has 0 radical (unpaired) electrons. The van der Waals surface area contributed by atoms with E-state index in [9.17, 15) is 13.2 Å². The van der Waals surface area contributed by atoms with Crippen molar-refractivity contribution >= 4 is 15.7 Å². The van der Waals surface area contributed by atoms with Gasteiger partial charge in [-0.15, -0.1) is 5.10 Å². The number of nitrogens with zero attached hydrogens (tertiary/aromatic N) is 1. The molecule has 3 aromatic rings. The lowest BCUT2D eigenvalue weighted by Crippen LogP contribution is -2.33. The zero-order valence-electron chi connectivity index (χ0n) is 17.2. The first-order chi connectivity index (χ1) is 14.8. The minimum absolute atomic E-state index is 0.0360. The lowest BCUT2D eigenvalue weighted by atomic mass is 9.88. The number of benzene rings is 2. The van der Waals surface area contributed by atoms with Gasteiger partial charge in [-0.25, -0.2) is 18.3 Å². The van der Waals surface area contributed by atoms with E-state index in [2.05, 4.69) is 21.0 Å². The van der Waals surface area contributed by atoms with E-state index in [1.165, 1.54) is 36.4 Å². The first kappa shape index (κ1) is 21.1. The number of anilines is 1. The number of nitrogen functional groups attached to an aromatic ring is 1. The van der Waals surface area contributed by atoms with E-state index >= 15 is 0 Å². The van der Waals surface area contributed by atoms with Crippen LogP contribution in [0.15, 0.2) is 50.5 Å². The highest BCUT2D eigenvalue weighted by Crippen LogP contribution is 2.37. The van der Waals surface area contributed by atoms with Gasteiger partial charge in [-0.2, -0.15) is 4.72 Å². The van der Waals surface area contributed by atoms with E-state index in [0.29, 0.717) is 5.69 Å². The molecule has 9 nitrogen and oxygen atoms in total. The van der Waals surface area contributed by atoms with Crippen LogP contribution in [0.25, 0.3) is 0 Å². The molecule has 31 heavy (non-hydrogen) atoms. The van der Waals surface area contributed by atoms with Crippen LogP contribution < -0.4 is 20.9 Å². The highest BCUT2D eigenvalue weighted by atomic mass is 32.2. The topological polar surface area (TPSA) is 140 Å². The first-order valence-electron chi connectivity index (χ1n) is 9.92. The maximum Gasteiger partial charge on any atom is 0.434 e. The number of nitrogens with two attached hydrogens (primary N) is 1. The van der Waals surface area contributed by atoms with Crippen molar-refractivity contribution in [3.05, 3.63) is 69.5 Å². The van der Waals surface area contributed by atoms with E-state index in [1.807, 2.05) is 19.1 Å². The van der Waals surface area contributed by atoms with E-state index in [-0.39, 0.29) is 22.5 Å². The number of aromatic amines is 1. The number of fused-ring (bicyclic) bond motifs is 1. The largest absolute Gasteiger partial charge is 0.495 e. The second-order valence-corrected chi connectivity index (χ2v) is 9.27. The average Bonchev–Trinajstić information content (AvgIpc) is 3.39. The molecule has 4 N–H and O–H groups in total. The van der Waals surface area contributed by atoms with Gasteiger partial charge in [0.05, 0.1) is 7.11 Å². The summed E-state index contributed by atoms with van der Waals surface area (Å²) in [5, 5.41) is 6.12. The summed E-state index contributed by atoms with van der Waals surface area (Å²) in [5.74, 6) is -1.03. The molecule has 0 saturated heterocycles. The molecule has 1 aliphatic rings. The number of ether oxygens (including phenoxy) is 1. The predicted octanol–water partition coefficient (Wildman–Crippen LogP) is 2.27. The summed E-state index contributed by atoms with van der Waals surface area (Å²) in [6.07, 6.45) is 2.97. The number of aromatic nitrogens is 2. The van der Waals surface area contributed by atoms with Gasteiger partial charge in [0.15, 0.2) is 0 Å². The molecule has 2 aromatic carbocycles. The van der Waals surface area contributed by atoms with Gasteiger partial charge in [0.1, 0.15) is 16.7 Å². The molecule has 4 rings (SSSR count). The van der Waals surface area contributed by atoms with Crippen LogP contribution in [0.5, 0.6) is 5.75 Å². The minimum atomic E-state index is -4.07. The summed E-state index contributed by atoms with van der Waals surface area (Å²) < 4.78 is 39.6. The fourth-order valence-corrected chi connectivity index (χ4v) is 5.55. The van der Waals surface area contributed by atoms with Crippen LogP contribution >= 0.6 is 0 Å². The Labute approximate surface area is 179 Å². The average molecular weight is 445 g/mol. The van der Waals surface area contributed by atoms with Crippen molar-refractivity contribution < 1.29 is 17.6 Å². The molecule has 1 heterocycles. The third-order valence-electron chi connectivity index (χ3n) is 5.65. The molecular weight excluding hydrogens is 420 g/mol. The second-order valence-electron chi connectivity index (χ2n) is 7.59. The predicted molar refractivity (Wildman–Crippen MR) is 114 cm³/mol. The van der Waals surface area contributed by atoms with Crippen LogP contribution in [-0.2, 0) is 22.9 Å².